The number of hydrogen-bond acceptors (Lipinski definition) is 5. The van der Waals surface area contributed by atoms with Crippen LogP contribution in [0.4, 0.5) is 0 Å². The summed E-state index contributed by atoms with van der Waals surface area (Å²) < 4.78 is 7.36. The average Bonchev–Trinajstić information content (AvgIpc) is 2.98. The van der Waals surface area contributed by atoms with E-state index < -0.39 is 11.5 Å². The summed E-state index contributed by atoms with van der Waals surface area (Å²) in [5.74, 6) is 0.959. The normalized spacial score (nSPS) is 12.9. The SMILES string of the molecule is CC(C)Oc1ccc(C(=O)NC(c2nccn2C)C(C)(C)CO)nc1. The van der Waals surface area contributed by atoms with Crippen LogP contribution in [0.2, 0.25) is 0 Å². The van der Waals surface area contributed by atoms with E-state index in [1.807, 2.05) is 39.3 Å². The molecule has 0 aromatic carbocycles. The second kappa shape index (κ2) is 7.65. The number of amides is 1. The van der Waals surface area contributed by atoms with E-state index in [1.165, 1.54) is 6.20 Å². The number of imidazole rings is 1. The molecule has 0 saturated heterocycles. The third-order valence-electron chi connectivity index (χ3n) is 3.92. The number of pyridine rings is 1. The van der Waals surface area contributed by atoms with Crippen molar-refractivity contribution in [2.75, 3.05) is 6.61 Å². The first-order valence-electron chi connectivity index (χ1n) is 8.26. The molecule has 0 saturated carbocycles. The maximum absolute atomic E-state index is 12.6. The van der Waals surface area contributed by atoms with Crippen LogP contribution >= 0.6 is 0 Å². The molecular formula is C18H26N4O3. The summed E-state index contributed by atoms with van der Waals surface area (Å²) in [5, 5.41) is 12.7. The van der Waals surface area contributed by atoms with Gasteiger partial charge in [-0.25, -0.2) is 9.97 Å². The second-order valence-corrected chi connectivity index (χ2v) is 7.00. The third kappa shape index (κ3) is 4.57. The first-order chi connectivity index (χ1) is 11.7. The Labute approximate surface area is 148 Å². The quantitative estimate of drug-likeness (QED) is 0.801. The lowest BCUT2D eigenvalue weighted by molar-refractivity contribution is 0.0786. The molecule has 2 heterocycles. The number of ether oxygens (including phenoxy) is 1. The minimum absolute atomic E-state index is 0.0413. The molecular weight excluding hydrogens is 320 g/mol. The molecule has 2 aromatic heterocycles. The fraction of sp³-hybridized carbons (Fsp3) is 0.500. The van der Waals surface area contributed by atoms with Crippen LogP contribution in [0.15, 0.2) is 30.7 Å². The topological polar surface area (TPSA) is 89.3 Å². The van der Waals surface area contributed by atoms with Gasteiger partial charge in [0.25, 0.3) is 5.91 Å². The van der Waals surface area contributed by atoms with Crippen molar-refractivity contribution in [3.8, 4) is 5.75 Å². The summed E-state index contributed by atoms with van der Waals surface area (Å²) in [5.41, 5.74) is -0.306. The molecule has 0 spiro atoms. The van der Waals surface area contributed by atoms with Gasteiger partial charge < -0.3 is 19.7 Å². The molecule has 0 fully saturated rings. The maximum atomic E-state index is 12.6. The van der Waals surface area contributed by atoms with E-state index >= 15 is 0 Å². The molecule has 0 aliphatic rings. The van der Waals surface area contributed by atoms with E-state index in [-0.39, 0.29) is 24.3 Å². The van der Waals surface area contributed by atoms with Crippen LogP contribution in [-0.2, 0) is 7.05 Å². The lowest BCUT2D eigenvalue weighted by Gasteiger charge is -2.32. The van der Waals surface area contributed by atoms with Gasteiger partial charge in [-0.15, -0.1) is 0 Å². The van der Waals surface area contributed by atoms with Crippen molar-refractivity contribution in [1.82, 2.24) is 19.9 Å². The molecule has 7 heteroatoms. The Balaban J connectivity index is 2.21. The Morgan fingerprint density at radius 1 is 1.36 bits per heavy atom. The van der Waals surface area contributed by atoms with Crippen molar-refractivity contribution in [3.63, 3.8) is 0 Å². The Hall–Kier alpha value is -2.41. The van der Waals surface area contributed by atoms with Gasteiger partial charge in [-0.05, 0) is 26.0 Å². The summed E-state index contributed by atoms with van der Waals surface area (Å²) in [4.78, 5) is 21.1. The number of nitrogens with one attached hydrogen (secondary N) is 1. The first kappa shape index (κ1) is 18.9. The molecule has 0 bridgehead atoms. The van der Waals surface area contributed by atoms with Crippen molar-refractivity contribution < 1.29 is 14.6 Å². The molecule has 7 nitrogen and oxygen atoms in total. The summed E-state index contributed by atoms with van der Waals surface area (Å²) >= 11 is 0. The second-order valence-electron chi connectivity index (χ2n) is 7.00. The van der Waals surface area contributed by atoms with Crippen molar-refractivity contribution >= 4 is 5.91 Å². The Kier molecular flexibility index (Phi) is 5.79. The number of aliphatic hydroxyl groups is 1. The van der Waals surface area contributed by atoms with Gasteiger partial charge in [0.1, 0.15) is 17.3 Å². The van der Waals surface area contributed by atoms with Gasteiger partial charge in [-0.2, -0.15) is 0 Å². The third-order valence-corrected chi connectivity index (χ3v) is 3.92. The number of aromatic nitrogens is 3. The fourth-order valence-electron chi connectivity index (χ4n) is 2.42. The summed E-state index contributed by atoms with van der Waals surface area (Å²) in [6, 6.07) is 2.88. The number of aliphatic hydroxyl groups excluding tert-OH is 1. The molecule has 0 radical (unpaired) electrons. The Bertz CT molecular complexity index is 707. The molecule has 1 amide bonds. The van der Waals surface area contributed by atoms with Crippen molar-refractivity contribution in [2.45, 2.75) is 39.8 Å². The molecule has 25 heavy (non-hydrogen) atoms. The van der Waals surface area contributed by atoms with E-state index in [9.17, 15) is 9.90 Å². The van der Waals surface area contributed by atoms with Crippen LogP contribution in [0.25, 0.3) is 0 Å². The van der Waals surface area contributed by atoms with Crippen LogP contribution in [-0.4, -0.2) is 38.3 Å². The molecule has 0 aliphatic heterocycles. The van der Waals surface area contributed by atoms with Gasteiger partial charge in [-0.3, -0.25) is 4.79 Å². The molecule has 1 unspecified atom stereocenters. The van der Waals surface area contributed by atoms with Gasteiger partial charge in [0.15, 0.2) is 0 Å². The summed E-state index contributed by atoms with van der Waals surface area (Å²) in [6.45, 7) is 7.50. The highest BCUT2D eigenvalue weighted by atomic mass is 16.5. The van der Waals surface area contributed by atoms with Crippen LogP contribution in [0, 0.1) is 5.41 Å². The number of carbonyl (C=O) groups is 1. The van der Waals surface area contributed by atoms with Crippen LogP contribution in [0.1, 0.15) is 50.0 Å². The number of aryl methyl sites for hydroxylation is 1. The van der Waals surface area contributed by atoms with E-state index in [1.54, 1.807) is 24.5 Å². The lowest BCUT2D eigenvalue weighted by Crippen LogP contribution is -2.41. The minimum Gasteiger partial charge on any atom is -0.489 e. The highest BCUT2D eigenvalue weighted by Crippen LogP contribution is 2.32. The predicted octanol–water partition coefficient (Wildman–Crippen LogP) is 2.09. The van der Waals surface area contributed by atoms with Crippen molar-refractivity contribution in [1.29, 1.82) is 0 Å². The van der Waals surface area contributed by atoms with Crippen LogP contribution in [0.5, 0.6) is 5.75 Å². The number of rotatable bonds is 7. The van der Waals surface area contributed by atoms with E-state index in [0.717, 1.165) is 0 Å². The predicted molar refractivity (Wildman–Crippen MR) is 94.3 cm³/mol. The first-order valence-corrected chi connectivity index (χ1v) is 8.26. The van der Waals surface area contributed by atoms with Gasteiger partial charge in [0.05, 0.1) is 24.9 Å². The summed E-state index contributed by atoms with van der Waals surface area (Å²) in [7, 11) is 1.85. The lowest BCUT2D eigenvalue weighted by atomic mass is 9.84. The van der Waals surface area contributed by atoms with E-state index in [4.69, 9.17) is 4.74 Å². The highest BCUT2D eigenvalue weighted by molar-refractivity contribution is 5.92. The van der Waals surface area contributed by atoms with Gasteiger partial charge in [-0.1, -0.05) is 13.8 Å². The van der Waals surface area contributed by atoms with Crippen molar-refractivity contribution in [2.24, 2.45) is 12.5 Å². The largest absolute Gasteiger partial charge is 0.489 e. The van der Waals surface area contributed by atoms with Crippen molar-refractivity contribution in [3.05, 3.63) is 42.2 Å². The summed E-state index contributed by atoms with van der Waals surface area (Å²) in [6.07, 6.45) is 5.04. The Morgan fingerprint density at radius 2 is 2.08 bits per heavy atom. The molecule has 136 valence electrons. The maximum Gasteiger partial charge on any atom is 0.270 e. The highest BCUT2D eigenvalue weighted by Gasteiger charge is 2.34. The van der Waals surface area contributed by atoms with Gasteiger partial charge >= 0.3 is 0 Å². The molecule has 2 aromatic rings. The van der Waals surface area contributed by atoms with Crippen LogP contribution in [0.3, 0.4) is 0 Å². The van der Waals surface area contributed by atoms with E-state index in [2.05, 4.69) is 15.3 Å². The molecule has 1 atom stereocenters. The molecule has 2 rings (SSSR count). The zero-order valence-corrected chi connectivity index (χ0v) is 15.4. The standard InChI is InChI=1S/C18H26N4O3/c1-12(2)25-13-6-7-14(20-10-13)17(24)21-15(18(3,4)11-23)16-19-8-9-22(16)5/h6-10,12,15,23H,11H2,1-5H3,(H,21,24). The molecule has 2 N–H and O–H groups in total. The number of nitrogens with zero attached hydrogens (tertiary/aromatic N) is 3. The minimum atomic E-state index is -0.588. The smallest absolute Gasteiger partial charge is 0.270 e. The number of carbonyl (C=O) groups excluding carboxylic acids is 1. The molecule has 0 aliphatic carbocycles. The average molecular weight is 346 g/mol. The number of hydrogen-bond donors (Lipinski definition) is 2. The van der Waals surface area contributed by atoms with Gasteiger partial charge in [0.2, 0.25) is 0 Å². The van der Waals surface area contributed by atoms with E-state index in [0.29, 0.717) is 11.6 Å². The monoisotopic (exact) mass is 346 g/mol. The zero-order chi connectivity index (χ0) is 18.6. The zero-order valence-electron chi connectivity index (χ0n) is 15.4. The van der Waals surface area contributed by atoms with Gasteiger partial charge in [0, 0.05) is 24.9 Å². The fourth-order valence-corrected chi connectivity index (χ4v) is 2.42. The van der Waals surface area contributed by atoms with Crippen LogP contribution < -0.4 is 10.1 Å². The Morgan fingerprint density at radius 3 is 2.56 bits per heavy atom.